The Morgan fingerprint density at radius 3 is 2.19 bits per heavy atom. The molecule has 4 nitrogen and oxygen atoms in total. The van der Waals surface area contributed by atoms with Crippen LogP contribution in [0.15, 0.2) is 30.3 Å². The maximum Gasteiger partial charge on any atom is 0.308 e. The van der Waals surface area contributed by atoms with Gasteiger partial charge in [-0.05, 0) is 24.1 Å². The van der Waals surface area contributed by atoms with Crippen LogP contribution in [0.3, 0.4) is 0 Å². The molecule has 0 radical (unpaired) electrons. The molecular formula is C7H7Cl3N2O2S2. The zero-order valence-electron chi connectivity index (χ0n) is 7.65. The van der Waals surface area contributed by atoms with E-state index >= 15 is 0 Å². The average Bonchev–Trinajstić information content (AvgIpc) is 2.15. The Balaban J connectivity index is 2.60. The van der Waals surface area contributed by atoms with Crippen LogP contribution in [0.25, 0.3) is 0 Å². The maximum atomic E-state index is 11.4. The summed E-state index contributed by atoms with van der Waals surface area (Å²) in [5.41, 5.74) is 0.417. The van der Waals surface area contributed by atoms with Gasteiger partial charge in [0.05, 0.1) is 0 Å². The highest BCUT2D eigenvalue weighted by Gasteiger charge is 2.24. The lowest BCUT2D eigenvalue weighted by atomic mass is 10.3. The summed E-state index contributed by atoms with van der Waals surface area (Å²) in [6.07, 6.45) is 0. The van der Waals surface area contributed by atoms with Gasteiger partial charge in [-0.3, -0.25) is 4.72 Å². The van der Waals surface area contributed by atoms with Gasteiger partial charge in [-0.15, -0.1) is 4.13 Å². The number of benzene rings is 1. The first kappa shape index (κ1) is 14.2. The van der Waals surface area contributed by atoms with Crippen LogP contribution in [-0.2, 0) is 10.2 Å². The third-order valence-corrected chi connectivity index (χ3v) is 3.93. The van der Waals surface area contributed by atoms with E-state index in [0.29, 0.717) is 17.6 Å². The van der Waals surface area contributed by atoms with E-state index in [1.54, 1.807) is 30.3 Å². The number of nitrogens with one attached hydrogen (secondary N) is 2. The van der Waals surface area contributed by atoms with Crippen molar-refractivity contribution < 1.29 is 8.42 Å². The molecule has 0 amide bonds. The van der Waals surface area contributed by atoms with E-state index in [2.05, 4.69) is 4.72 Å². The molecule has 9 heteroatoms. The van der Waals surface area contributed by atoms with E-state index in [9.17, 15) is 8.42 Å². The fourth-order valence-electron chi connectivity index (χ4n) is 0.784. The molecule has 0 aliphatic carbocycles. The van der Waals surface area contributed by atoms with E-state index in [1.807, 2.05) is 4.13 Å². The minimum Gasteiger partial charge on any atom is -0.270 e. The van der Waals surface area contributed by atoms with Crippen LogP contribution in [0.2, 0.25) is 0 Å². The third kappa shape index (κ3) is 6.03. The van der Waals surface area contributed by atoms with Crippen molar-refractivity contribution in [1.29, 1.82) is 0 Å². The zero-order valence-corrected chi connectivity index (χ0v) is 11.6. The fourth-order valence-corrected chi connectivity index (χ4v) is 3.06. The molecule has 0 heterocycles. The number of alkyl halides is 3. The number of rotatable bonds is 4. The normalized spacial score (nSPS) is 12.4. The highest BCUT2D eigenvalue weighted by atomic mass is 35.6. The van der Waals surface area contributed by atoms with Gasteiger partial charge in [0.15, 0.2) is 0 Å². The average molecular weight is 322 g/mol. The second kappa shape index (κ2) is 5.66. The third-order valence-electron chi connectivity index (χ3n) is 1.29. The minimum absolute atomic E-state index is 0.417. The van der Waals surface area contributed by atoms with Gasteiger partial charge >= 0.3 is 10.2 Å². The van der Waals surface area contributed by atoms with Gasteiger partial charge in [0, 0.05) is 5.69 Å². The number of hydrogen-bond donors (Lipinski definition) is 2. The summed E-state index contributed by atoms with van der Waals surface area (Å²) >= 11 is 16.6. The lowest BCUT2D eigenvalue weighted by Gasteiger charge is -2.12. The van der Waals surface area contributed by atoms with Crippen LogP contribution >= 0.6 is 46.8 Å². The number of hydrogen-bond acceptors (Lipinski definition) is 3. The highest BCUT2D eigenvalue weighted by molar-refractivity contribution is 8.12. The van der Waals surface area contributed by atoms with Crippen molar-refractivity contribution in [3.05, 3.63) is 30.3 Å². The first-order valence-corrected chi connectivity index (χ1v) is 7.31. The van der Waals surface area contributed by atoms with E-state index in [-0.39, 0.29) is 0 Å². The molecule has 0 aliphatic rings. The Bertz CT molecular complexity index is 433. The molecule has 1 rings (SSSR count). The van der Waals surface area contributed by atoms with E-state index < -0.39 is 13.3 Å². The van der Waals surface area contributed by atoms with Crippen LogP contribution in [0, 0.1) is 0 Å². The molecule has 2 N–H and O–H groups in total. The van der Waals surface area contributed by atoms with E-state index in [4.69, 9.17) is 34.8 Å². The molecule has 16 heavy (non-hydrogen) atoms. The molecule has 0 saturated heterocycles. The van der Waals surface area contributed by atoms with Crippen LogP contribution in [0.1, 0.15) is 0 Å². The molecule has 0 aliphatic heterocycles. The van der Waals surface area contributed by atoms with Gasteiger partial charge in [0.2, 0.25) is 0 Å². The summed E-state index contributed by atoms with van der Waals surface area (Å²) in [4.78, 5) is 0. The molecular weight excluding hydrogens is 315 g/mol. The van der Waals surface area contributed by atoms with Gasteiger partial charge in [-0.2, -0.15) is 8.42 Å². The number of para-hydroxylation sites is 1. The second-order valence-corrected chi connectivity index (χ2v) is 8.25. The first-order chi connectivity index (χ1) is 7.29. The SMILES string of the molecule is O=S(=O)(NSC(Cl)(Cl)Cl)Nc1ccccc1. The van der Waals surface area contributed by atoms with Gasteiger partial charge in [0.1, 0.15) is 0 Å². The maximum absolute atomic E-state index is 11.4. The lowest BCUT2D eigenvalue weighted by molar-refractivity contribution is 0.600. The van der Waals surface area contributed by atoms with E-state index in [1.165, 1.54) is 0 Å². The molecule has 1 aromatic carbocycles. The van der Waals surface area contributed by atoms with Crippen LogP contribution in [-0.4, -0.2) is 11.5 Å². The van der Waals surface area contributed by atoms with Crippen molar-refractivity contribution in [2.24, 2.45) is 0 Å². The van der Waals surface area contributed by atoms with Crippen LogP contribution < -0.4 is 8.85 Å². The van der Waals surface area contributed by atoms with Crippen molar-refractivity contribution >= 4 is 62.6 Å². The summed E-state index contributed by atoms with van der Waals surface area (Å²) in [5.74, 6) is 0. The van der Waals surface area contributed by atoms with Gasteiger partial charge < -0.3 is 0 Å². The first-order valence-electron chi connectivity index (χ1n) is 3.88. The second-order valence-electron chi connectivity index (χ2n) is 2.60. The molecule has 1 aromatic rings. The van der Waals surface area contributed by atoms with Crippen molar-refractivity contribution in [1.82, 2.24) is 4.13 Å². The van der Waals surface area contributed by atoms with Gasteiger partial charge in [0.25, 0.3) is 3.12 Å². The monoisotopic (exact) mass is 320 g/mol. The summed E-state index contributed by atoms with van der Waals surface area (Å²) in [5, 5.41) is 0. The molecule has 0 bridgehead atoms. The Kier molecular flexibility index (Phi) is 5.03. The Hall–Kier alpha value is 0.150. The number of anilines is 1. The fraction of sp³-hybridized carbons (Fsp3) is 0.143. The Morgan fingerprint density at radius 2 is 1.69 bits per heavy atom. The van der Waals surface area contributed by atoms with Gasteiger partial charge in [-0.25, -0.2) is 0 Å². The molecule has 0 spiro atoms. The predicted molar refractivity (Wildman–Crippen MR) is 70.0 cm³/mol. The van der Waals surface area contributed by atoms with Crippen molar-refractivity contribution in [3.63, 3.8) is 0 Å². The van der Waals surface area contributed by atoms with E-state index in [0.717, 1.165) is 0 Å². The molecule has 0 fully saturated rings. The highest BCUT2D eigenvalue weighted by Crippen LogP contribution is 2.37. The molecule has 0 atom stereocenters. The standard InChI is InChI=1S/C7H7Cl3N2O2S2/c8-7(9,10)15-12-16(13,14)11-6-4-2-1-3-5-6/h1-5,11-12H. The summed E-state index contributed by atoms with van der Waals surface area (Å²) in [6.45, 7) is 0. The lowest BCUT2D eigenvalue weighted by Crippen LogP contribution is -2.26. The minimum atomic E-state index is -3.76. The Labute approximate surface area is 113 Å². The van der Waals surface area contributed by atoms with Crippen molar-refractivity contribution in [2.75, 3.05) is 4.72 Å². The summed E-state index contributed by atoms with van der Waals surface area (Å²) in [6, 6.07) is 8.35. The van der Waals surface area contributed by atoms with Crippen LogP contribution in [0.4, 0.5) is 5.69 Å². The largest absolute Gasteiger partial charge is 0.308 e. The molecule has 0 saturated carbocycles. The topological polar surface area (TPSA) is 58.2 Å². The molecule has 90 valence electrons. The van der Waals surface area contributed by atoms with Crippen LogP contribution in [0.5, 0.6) is 0 Å². The smallest absolute Gasteiger partial charge is 0.270 e. The van der Waals surface area contributed by atoms with Crippen molar-refractivity contribution in [2.45, 2.75) is 3.12 Å². The number of halogens is 3. The quantitative estimate of drug-likeness (QED) is 0.662. The van der Waals surface area contributed by atoms with Gasteiger partial charge in [-0.1, -0.05) is 53.0 Å². The Morgan fingerprint density at radius 1 is 1.12 bits per heavy atom. The zero-order chi connectivity index (χ0) is 12.2. The summed E-state index contributed by atoms with van der Waals surface area (Å²) in [7, 11) is -3.76. The summed E-state index contributed by atoms with van der Waals surface area (Å²) < 4.78 is 25.4. The molecule has 0 aromatic heterocycles. The predicted octanol–water partition coefficient (Wildman–Crippen LogP) is 2.91. The molecule has 0 unspecified atom stereocenters. The van der Waals surface area contributed by atoms with Crippen molar-refractivity contribution in [3.8, 4) is 0 Å².